The van der Waals surface area contributed by atoms with Crippen LogP contribution < -0.4 is 10.9 Å². The second-order valence-corrected chi connectivity index (χ2v) is 6.59. The van der Waals surface area contributed by atoms with Crippen LogP contribution in [-0.4, -0.2) is 22.6 Å². The minimum absolute atomic E-state index is 0.0642. The number of rotatable bonds is 4. The molecule has 0 spiro atoms. The summed E-state index contributed by atoms with van der Waals surface area (Å²) in [5.74, 6) is -1.77. The second kappa shape index (κ2) is 6.58. The number of nitrogens with one attached hydrogen (secondary N) is 1. The molecule has 1 fully saturated rings. The second-order valence-electron chi connectivity index (χ2n) is 6.59. The van der Waals surface area contributed by atoms with Crippen molar-refractivity contribution in [2.45, 2.75) is 25.1 Å². The number of hydrogen-bond acceptors (Lipinski definition) is 4. The molecule has 5 nitrogen and oxygen atoms in total. The van der Waals surface area contributed by atoms with E-state index in [1.165, 1.54) is 4.57 Å². The van der Waals surface area contributed by atoms with Crippen LogP contribution in [0.15, 0.2) is 41.2 Å². The number of fused-ring (bicyclic) bond motifs is 1. The minimum Gasteiger partial charge on any atom is -0.380 e. The molecule has 1 aliphatic carbocycles. The Morgan fingerprint density at radius 3 is 2.56 bits per heavy atom. The van der Waals surface area contributed by atoms with E-state index in [1.54, 1.807) is 31.3 Å². The zero-order valence-corrected chi connectivity index (χ0v) is 14.4. The fourth-order valence-corrected chi connectivity index (χ4v) is 3.29. The van der Waals surface area contributed by atoms with Gasteiger partial charge in [-0.15, -0.1) is 0 Å². The number of allylic oxidation sites excluding steroid dienone is 1. The molecule has 2 aromatic rings. The molecule has 1 saturated carbocycles. The van der Waals surface area contributed by atoms with Gasteiger partial charge < -0.3 is 9.88 Å². The van der Waals surface area contributed by atoms with Crippen LogP contribution in [0.3, 0.4) is 0 Å². The van der Waals surface area contributed by atoms with Crippen LogP contribution in [0.1, 0.15) is 18.4 Å². The maximum absolute atomic E-state index is 12.6. The van der Waals surface area contributed by atoms with Gasteiger partial charge in [0.05, 0.1) is 16.8 Å². The van der Waals surface area contributed by atoms with E-state index in [0.717, 1.165) is 0 Å². The molecule has 1 aromatic heterocycles. The third-order valence-corrected chi connectivity index (χ3v) is 4.91. The Morgan fingerprint density at radius 2 is 1.96 bits per heavy atom. The first-order valence-corrected chi connectivity index (χ1v) is 8.23. The van der Waals surface area contributed by atoms with Gasteiger partial charge in [0.15, 0.2) is 5.78 Å². The number of ketones is 1. The molecule has 27 heavy (non-hydrogen) atoms. The van der Waals surface area contributed by atoms with Crippen LogP contribution in [0, 0.1) is 17.2 Å². The number of aryl methyl sites for hydroxylation is 1. The predicted octanol–water partition coefficient (Wildman–Crippen LogP) is 3.29. The molecule has 0 aliphatic heterocycles. The van der Waals surface area contributed by atoms with Crippen molar-refractivity contribution in [2.75, 3.05) is 5.32 Å². The lowest BCUT2D eigenvalue weighted by Crippen LogP contribution is -2.42. The van der Waals surface area contributed by atoms with Gasteiger partial charge in [-0.05, 0) is 18.9 Å². The molecule has 0 radical (unpaired) electrons. The quantitative estimate of drug-likeness (QED) is 0.832. The Kier molecular flexibility index (Phi) is 4.56. The summed E-state index contributed by atoms with van der Waals surface area (Å²) in [5.41, 5.74) is -0.896. The molecular formula is C19H16F3N3O2. The number of Topliss-reactive ketones (excluding diaryl/α,β-unsaturated/α-hetero) is 1. The Hall–Kier alpha value is -3.08. The van der Waals surface area contributed by atoms with E-state index in [2.05, 4.69) is 11.9 Å². The molecule has 0 unspecified atom stereocenters. The van der Waals surface area contributed by atoms with Gasteiger partial charge in [0.2, 0.25) is 0 Å². The summed E-state index contributed by atoms with van der Waals surface area (Å²) < 4.78 is 39.2. The lowest BCUT2D eigenvalue weighted by Gasteiger charge is -2.36. The molecule has 0 saturated heterocycles. The molecule has 1 N–H and O–H groups in total. The first-order valence-electron chi connectivity index (χ1n) is 8.23. The van der Waals surface area contributed by atoms with Crippen LogP contribution in [0.4, 0.5) is 18.9 Å². The standard InChI is InChI=1S/C19H16F3N3O2/c1-10(19(20,21)22)17(26)11-7-12(8-11)24-16-13-5-3-4-6-15(13)25(2)18(27)14(16)9-23/h3-6,11-12,24H,1,7-8H2,2H3. The van der Waals surface area contributed by atoms with Gasteiger partial charge in [-0.3, -0.25) is 9.59 Å². The number of aromatic nitrogens is 1. The van der Waals surface area contributed by atoms with Gasteiger partial charge in [0.25, 0.3) is 5.56 Å². The van der Waals surface area contributed by atoms with Crippen LogP contribution >= 0.6 is 0 Å². The zero-order valence-electron chi connectivity index (χ0n) is 14.4. The van der Waals surface area contributed by atoms with Crippen molar-refractivity contribution in [3.63, 3.8) is 0 Å². The average Bonchev–Trinajstić information content (AvgIpc) is 2.59. The zero-order chi connectivity index (χ0) is 19.9. The summed E-state index contributed by atoms with van der Waals surface area (Å²) in [7, 11) is 1.57. The maximum Gasteiger partial charge on any atom is 0.419 e. The number of para-hydroxylation sites is 1. The number of benzene rings is 1. The number of carbonyl (C=O) groups is 1. The largest absolute Gasteiger partial charge is 0.419 e. The smallest absolute Gasteiger partial charge is 0.380 e. The Labute approximate surface area is 152 Å². The van der Waals surface area contributed by atoms with Crippen molar-refractivity contribution in [3.8, 4) is 6.07 Å². The highest BCUT2D eigenvalue weighted by molar-refractivity contribution is 5.99. The van der Waals surface area contributed by atoms with Crippen molar-refractivity contribution in [3.05, 3.63) is 52.3 Å². The molecule has 0 atom stereocenters. The topological polar surface area (TPSA) is 74.9 Å². The van der Waals surface area contributed by atoms with Gasteiger partial charge in [0.1, 0.15) is 11.6 Å². The Morgan fingerprint density at radius 1 is 1.33 bits per heavy atom. The van der Waals surface area contributed by atoms with Crippen molar-refractivity contribution in [1.82, 2.24) is 4.57 Å². The van der Waals surface area contributed by atoms with E-state index >= 15 is 0 Å². The van der Waals surface area contributed by atoms with Crippen molar-refractivity contribution < 1.29 is 18.0 Å². The number of anilines is 1. The summed E-state index contributed by atoms with van der Waals surface area (Å²) in [4.78, 5) is 24.3. The highest BCUT2D eigenvalue weighted by atomic mass is 19.4. The fourth-order valence-electron chi connectivity index (χ4n) is 3.29. The number of halogens is 3. The Bertz CT molecular complexity index is 1040. The summed E-state index contributed by atoms with van der Waals surface area (Å²) in [6.45, 7) is 2.85. The summed E-state index contributed by atoms with van der Waals surface area (Å²) in [6.07, 6.45) is -4.36. The van der Waals surface area contributed by atoms with E-state index in [-0.39, 0.29) is 24.4 Å². The highest BCUT2D eigenvalue weighted by Crippen LogP contribution is 2.37. The van der Waals surface area contributed by atoms with E-state index in [4.69, 9.17) is 0 Å². The van der Waals surface area contributed by atoms with Gasteiger partial charge in [-0.1, -0.05) is 24.8 Å². The lowest BCUT2D eigenvalue weighted by molar-refractivity contribution is -0.134. The number of pyridine rings is 1. The van der Waals surface area contributed by atoms with E-state index < -0.39 is 29.0 Å². The SMILES string of the molecule is C=C(C(=O)C1CC(Nc2c(C#N)c(=O)n(C)c3ccccc23)C1)C(F)(F)F. The summed E-state index contributed by atoms with van der Waals surface area (Å²) in [6, 6.07) is 8.61. The first kappa shape index (κ1) is 18.7. The molecule has 8 heteroatoms. The molecular weight excluding hydrogens is 359 g/mol. The molecule has 140 valence electrons. The van der Waals surface area contributed by atoms with Crippen molar-refractivity contribution >= 4 is 22.4 Å². The van der Waals surface area contributed by atoms with E-state index in [9.17, 15) is 28.0 Å². The minimum atomic E-state index is -4.73. The Balaban J connectivity index is 1.85. The third-order valence-electron chi connectivity index (χ3n) is 4.91. The lowest BCUT2D eigenvalue weighted by atomic mass is 9.75. The van der Waals surface area contributed by atoms with Crippen LogP contribution in [0.5, 0.6) is 0 Å². The van der Waals surface area contributed by atoms with Gasteiger partial charge in [-0.2, -0.15) is 18.4 Å². The summed E-state index contributed by atoms with van der Waals surface area (Å²) >= 11 is 0. The fraction of sp³-hybridized carbons (Fsp3) is 0.316. The van der Waals surface area contributed by atoms with E-state index in [1.807, 2.05) is 6.07 Å². The van der Waals surface area contributed by atoms with Crippen LogP contribution in [0.2, 0.25) is 0 Å². The predicted molar refractivity (Wildman–Crippen MR) is 94.2 cm³/mol. The maximum atomic E-state index is 12.6. The van der Waals surface area contributed by atoms with Crippen LogP contribution in [0.25, 0.3) is 10.9 Å². The highest BCUT2D eigenvalue weighted by Gasteiger charge is 2.43. The van der Waals surface area contributed by atoms with Crippen LogP contribution in [-0.2, 0) is 11.8 Å². The molecule has 0 amide bonds. The molecule has 1 heterocycles. The number of alkyl halides is 3. The molecule has 3 rings (SSSR count). The number of hydrogen-bond donors (Lipinski definition) is 1. The molecule has 1 aliphatic rings. The third kappa shape index (κ3) is 3.21. The van der Waals surface area contributed by atoms with E-state index in [0.29, 0.717) is 16.6 Å². The number of carbonyl (C=O) groups excluding carboxylic acids is 1. The normalized spacial score (nSPS) is 19.2. The van der Waals surface area contributed by atoms with Gasteiger partial charge in [-0.25, -0.2) is 0 Å². The average molecular weight is 375 g/mol. The monoisotopic (exact) mass is 375 g/mol. The number of nitrogens with zero attached hydrogens (tertiary/aromatic N) is 2. The van der Waals surface area contributed by atoms with Crippen molar-refractivity contribution in [1.29, 1.82) is 5.26 Å². The first-order chi connectivity index (χ1) is 12.6. The van der Waals surface area contributed by atoms with Gasteiger partial charge in [0, 0.05) is 24.4 Å². The number of nitriles is 1. The van der Waals surface area contributed by atoms with Gasteiger partial charge >= 0.3 is 6.18 Å². The summed E-state index contributed by atoms with van der Waals surface area (Å²) in [5, 5.41) is 13.1. The van der Waals surface area contributed by atoms with Crippen molar-refractivity contribution in [2.24, 2.45) is 13.0 Å². The molecule has 1 aromatic carbocycles. The molecule has 0 bridgehead atoms.